The van der Waals surface area contributed by atoms with Crippen molar-refractivity contribution < 1.29 is 38.1 Å². The Hall–Kier alpha value is -5.68. The molecule has 4 amide bonds. The number of piperidine rings is 2. The van der Waals surface area contributed by atoms with Gasteiger partial charge in [-0.05, 0) is 108 Å². The van der Waals surface area contributed by atoms with Gasteiger partial charge in [0.2, 0.25) is 11.8 Å². The molecular weight excluding hydrogens is 936 g/mol. The van der Waals surface area contributed by atoms with Crippen LogP contribution in [-0.2, 0) is 28.5 Å². The quantitative estimate of drug-likeness (QED) is 0.0995. The van der Waals surface area contributed by atoms with Crippen LogP contribution in [0.3, 0.4) is 0 Å². The van der Waals surface area contributed by atoms with E-state index >= 15 is 0 Å². The number of hydrogen-bond donors (Lipinski definition) is 4. The van der Waals surface area contributed by atoms with Crippen LogP contribution in [0.5, 0.6) is 0 Å². The number of hydrogen-bond acceptors (Lipinski definition) is 10. The van der Waals surface area contributed by atoms with Crippen LogP contribution in [-0.4, -0.2) is 119 Å². The van der Waals surface area contributed by atoms with Gasteiger partial charge in [0.1, 0.15) is 45.4 Å². The molecular formula is C52H58Cl2N8O8. The average molecular weight is 994 g/mol. The number of aromatic nitrogens is 4. The minimum absolute atomic E-state index is 0.0654. The fraction of sp³-hybridized carbons (Fsp3) is 0.500. The SMILES string of the molecule is COC(=O)NC(C(=O)N1C2C(C[C@H]1c1nc(-c3ccc4cc(-c5ccc(-c6nc([C@@H]7CC8C(C)C8N7C(=O)[C@@H](NC(=O)OC)C7CCOCC7)[nH]c6Cl)cc5)ccc4c3)c(Cl)[nH]1)[C@H]2C)C1CCOCC1. The number of methoxy groups -OCH3 is 2. The molecule has 16 nitrogen and oxygen atoms in total. The van der Waals surface area contributed by atoms with Gasteiger partial charge in [0.25, 0.3) is 0 Å². The van der Waals surface area contributed by atoms with Crippen molar-refractivity contribution in [3.05, 3.63) is 82.6 Å². The summed E-state index contributed by atoms with van der Waals surface area (Å²) < 4.78 is 21.0. The van der Waals surface area contributed by atoms with E-state index in [9.17, 15) is 19.2 Å². The van der Waals surface area contributed by atoms with Crippen molar-refractivity contribution in [2.24, 2.45) is 35.5 Å². The number of ether oxygens (including phenoxy) is 4. The molecule has 6 fully saturated rings. The molecule has 11 rings (SSSR count). The summed E-state index contributed by atoms with van der Waals surface area (Å²) in [4.78, 5) is 74.5. The molecule has 6 heterocycles. The van der Waals surface area contributed by atoms with Gasteiger partial charge in [-0.3, -0.25) is 9.59 Å². The molecule has 2 saturated carbocycles. The van der Waals surface area contributed by atoms with E-state index < -0.39 is 24.3 Å². The van der Waals surface area contributed by atoms with Crippen molar-refractivity contribution in [2.45, 2.75) is 88.6 Å². The fourth-order valence-electron chi connectivity index (χ4n) is 12.3. The summed E-state index contributed by atoms with van der Waals surface area (Å²) in [5.41, 5.74) is 4.96. The lowest BCUT2D eigenvalue weighted by Gasteiger charge is -2.35. The number of halogens is 2. The molecule has 4 aliphatic heterocycles. The molecule has 3 aromatic carbocycles. The Kier molecular flexibility index (Phi) is 12.6. The fourth-order valence-corrected chi connectivity index (χ4v) is 12.8. The third kappa shape index (κ3) is 8.47. The Morgan fingerprint density at radius 1 is 0.614 bits per heavy atom. The maximum Gasteiger partial charge on any atom is 0.407 e. The van der Waals surface area contributed by atoms with E-state index in [1.807, 2.05) is 28.0 Å². The van der Waals surface area contributed by atoms with E-state index in [1.54, 1.807) is 0 Å². The smallest absolute Gasteiger partial charge is 0.407 e. The number of amides is 4. The summed E-state index contributed by atoms with van der Waals surface area (Å²) in [6.07, 6.45) is 2.95. The molecule has 2 aliphatic carbocycles. The molecule has 6 aliphatic rings. The topological polar surface area (TPSA) is 193 Å². The highest BCUT2D eigenvalue weighted by Crippen LogP contribution is 2.59. The van der Waals surface area contributed by atoms with Crippen molar-refractivity contribution in [1.29, 1.82) is 0 Å². The highest BCUT2D eigenvalue weighted by atomic mass is 35.5. The van der Waals surface area contributed by atoms with E-state index in [2.05, 4.69) is 76.9 Å². The van der Waals surface area contributed by atoms with Gasteiger partial charge >= 0.3 is 12.2 Å². The van der Waals surface area contributed by atoms with Crippen molar-refractivity contribution in [3.8, 4) is 33.6 Å². The van der Waals surface area contributed by atoms with E-state index in [0.717, 1.165) is 45.9 Å². The maximum absolute atomic E-state index is 14.5. The van der Waals surface area contributed by atoms with Gasteiger partial charge in [-0.2, -0.15) is 0 Å². The number of H-pyrrole nitrogens is 2. The van der Waals surface area contributed by atoms with Gasteiger partial charge in [0.05, 0.1) is 26.3 Å². The first-order chi connectivity index (χ1) is 33.9. The first-order valence-electron chi connectivity index (χ1n) is 24.6. The second kappa shape index (κ2) is 18.8. The molecule has 70 heavy (non-hydrogen) atoms. The van der Waals surface area contributed by atoms with Gasteiger partial charge in [-0.1, -0.05) is 85.6 Å². The predicted molar refractivity (Wildman–Crippen MR) is 262 cm³/mol. The maximum atomic E-state index is 14.5. The van der Waals surface area contributed by atoms with Crippen LogP contribution < -0.4 is 10.6 Å². The number of carbonyl (C=O) groups is 4. The number of aromatic amines is 2. The van der Waals surface area contributed by atoms with E-state index in [0.29, 0.717) is 109 Å². The first kappa shape index (κ1) is 46.7. The summed E-state index contributed by atoms with van der Waals surface area (Å²) in [5, 5.41) is 8.57. The standard InChI is InChI=1S/C52H58Cl2N8O8/c1-25-35-23-37(61(43(25)35)49(63)41(57-51(65)67-3)29-13-17-69-18-14-29)47-55-39(45(53)59-47)28-7-5-27(6-8-28)31-9-10-33-22-34(12-11-32(33)21-31)40-46(54)60-48(56-40)38-24-36-26(2)44(36)62(38)50(64)42(58-52(66)68-4)30-15-19-70-20-16-30/h5-12,21-22,25-26,29-30,35-38,41-44H,13-20,23-24H2,1-4H3,(H,55,59)(H,56,60)(H,57,65)(H,58,66)/t25?,26-,35?,36?,37+,38+,41+,42?,43?,44?/m1/s1. The monoisotopic (exact) mass is 992 g/mol. The van der Waals surface area contributed by atoms with Gasteiger partial charge < -0.3 is 49.3 Å². The highest BCUT2D eigenvalue weighted by Gasteiger charge is 2.63. The third-order valence-electron chi connectivity index (χ3n) is 16.4. The largest absolute Gasteiger partial charge is 0.453 e. The van der Waals surface area contributed by atoms with Crippen molar-refractivity contribution in [1.82, 2.24) is 40.4 Å². The lowest BCUT2D eigenvalue weighted by molar-refractivity contribution is -0.139. The minimum Gasteiger partial charge on any atom is -0.453 e. The van der Waals surface area contributed by atoms with E-state index in [4.69, 9.17) is 52.1 Å². The average Bonchev–Trinajstić information content (AvgIpc) is 3.79. The zero-order chi connectivity index (χ0) is 48.5. The van der Waals surface area contributed by atoms with Gasteiger partial charge in [-0.15, -0.1) is 0 Å². The molecule has 0 radical (unpaired) electrons. The van der Waals surface area contributed by atoms with Crippen LogP contribution in [0.4, 0.5) is 9.59 Å². The molecule has 0 spiro atoms. The normalized spacial score (nSPS) is 27.1. The van der Waals surface area contributed by atoms with Crippen LogP contribution in [0, 0.1) is 35.5 Å². The molecule has 0 bridgehead atoms. The molecule has 4 saturated heterocycles. The Balaban J connectivity index is 0.797. The van der Waals surface area contributed by atoms with Crippen molar-refractivity contribution >= 4 is 58.0 Å². The zero-order valence-corrected chi connectivity index (χ0v) is 41.1. The minimum atomic E-state index is -0.731. The second-order valence-corrected chi connectivity index (χ2v) is 20.8. The summed E-state index contributed by atoms with van der Waals surface area (Å²) >= 11 is 13.8. The third-order valence-corrected chi connectivity index (χ3v) is 16.9. The van der Waals surface area contributed by atoms with E-state index in [-0.39, 0.29) is 47.8 Å². The van der Waals surface area contributed by atoms with Crippen LogP contribution in [0.2, 0.25) is 10.3 Å². The molecule has 10 atom stereocenters. The molecule has 6 unspecified atom stereocenters. The number of alkyl carbamates (subject to hydrolysis) is 2. The van der Waals surface area contributed by atoms with Gasteiger partial charge in [0.15, 0.2) is 0 Å². The number of carbonyl (C=O) groups excluding carboxylic acids is 4. The number of rotatable bonds is 11. The van der Waals surface area contributed by atoms with Gasteiger partial charge in [-0.25, -0.2) is 19.6 Å². The number of nitrogens with zero attached hydrogens (tertiary/aromatic N) is 4. The number of benzene rings is 3. The lowest BCUT2D eigenvalue weighted by Crippen LogP contribution is -2.54. The van der Waals surface area contributed by atoms with Crippen LogP contribution in [0.15, 0.2) is 60.7 Å². The molecule has 2 aromatic heterocycles. The molecule has 5 aromatic rings. The molecule has 4 N–H and O–H groups in total. The van der Waals surface area contributed by atoms with E-state index in [1.165, 1.54) is 14.2 Å². The number of likely N-dealkylation sites (tertiary alicyclic amines) is 2. The number of nitrogens with one attached hydrogen (secondary N) is 4. The Morgan fingerprint density at radius 3 is 1.47 bits per heavy atom. The first-order valence-corrected chi connectivity index (χ1v) is 25.3. The Morgan fingerprint density at radius 2 is 1.01 bits per heavy atom. The summed E-state index contributed by atoms with van der Waals surface area (Å²) in [7, 11) is 2.62. The predicted octanol–water partition coefficient (Wildman–Crippen LogP) is 8.71. The Labute approximate surface area is 415 Å². The number of imidazole rings is 2. The van der Waals surface area contributed by atoms with Crippen molar-refractivity contribution in [3.63, 3.8) is 0 Å². The summed E-state index contributed by atoms with van der Waals surface area (Å²) in [6.45, 7) is 6.49. The van der Waals surface area contributed by atoms with Crippen molar-refractivity contribution in [2.75, 3.05) is 40.6 Å². The van der Waals surface area contributed by atoms with Crippen LogP contribution in [0.1, 0.15) is 76.1 Å². The summed E-state index contributed by atoms with van der Waals surface area (Å²) in [5.74, 6) is 2.29. The van der Waals surface area contributed by atoms with Crippen LogP contribution in [0.25, 0.3) is 44.4 Å². The Bertz CT molecular complexity index is 2820. The zero-order valence-electron chi connectivity index (χ0n) is 39.6. The summed E-state index contributed by atoms with van der Waals surface area (Å²) in [6, 6.07) is 18.7. The lowest BCUT2D eigenvalue weighted by atomic mass is 9.90. The van der Waals surface area contributed by atoms with Crippen LogP contribution >= 0.6 is 23.2 Å². The second-order valence-electron chi connectivity index (χ2n) is 20.1. The number of fused-ring (bicyclic) bond motifs is 3. The molecule has 18 heteroatoms. The highest BCUT2D eigenvalue weighted by molar-refractivity contribution is 6.32. The molecule has 368 valence electrons. The van der Waals surface area contributed by atoms with Gasteiger partial charge in [0, 0.05) is 49.6 Å².